The summed E-state index contributed by atoms with van der Waals surface area (Å²) in [5, 5.41) is 10.6. The molecule has 0 radical (unpaired) electrons. The van der Waals surface area contributed by atoms with Crippen LogP contribution in [0.4, 0.5) is 0 Å². The molecule has 1 aromatic heterocycles. The lowest BCUT2D eigenvalue weighted by Gasteiger charge is -2.15. The van der Waals surface area contributed by atoms with E-state index in [9.17, 15) is 19.5 Å². The minimum Gasteiger partial charge on any atom is -0.508 e. The number of aromatic hydroxyl groups is 1. The number of fused-ring (bicyclic) bond motifs is 1. The van der Waals surface area contributed by atoms with Gasteiger partial charge in [0.25, 0.3) is 0 Å². The van der Waals surface area contributed by atoms with E-state index >= 15 is 0 Å². The van der Waals surface area contributed by atoms with Gasteiger partial charge in [-0.05, 0) is 42.2 Å². The second-order valence-corrected chi connectivity index (χ2v) is 7.61. The molecule has 31 heavy (non-hydrogen) atoms. The van der Waals surface area contributed by atoms with Crippen LogP contribution >= 0.6 is 0 Å². The smallest absolute Gasteiger partial charge is 0.338 e. The van der Waals surface area contributed by atoms with E-state index in [0.29, 0.717) is 41.5 Å². The van der Waals surface area contributed by atoms with E-state index in [-0.39, 0.29) is 23.8 Å². The number of nitrogens with zero attached hydrogens (tertiary/aromatic N) is 1. The molecule has 7 heteroatoms. The quantitative estimate of drug-likeness (QED) is 0.483. The third-order valence-corrected chi connectivity index (χ3v) is 5.50. The predicted molar refractivity (Wildman–Crippen MR) is 114 cm³/mol. The molecule has 160 valence electrons. The average molecular weight is 421 g/mol. The number of aryl methyl sites for hydroxylation is 1. The molecule has 0 unspecified atom stereocenters. The lowest BCUT2D eigenvalue weighted by atomic mass is 10.0. The number of amides is 1. The van der Waals surface area contributed by atoms with Crippen molar-refractivity contribution in [3.8, 4) is 5.75 Å². The van der Waals surface area contributed by atoms with Crippen molar-refractivity contribution < 1.29 is 23.8 Å². The van der Waals surface area contributed by atoms with E-state index in [4.69, 9.17) is 9.15 Å². The van der Waals surface area contributed by atoms with Crippen LogP contribution in [-0.2, 0) is 29.1 Å². The van der Waals surface area contributed by atoms with Gasteiger partial charge in [-0.15, -0.1) is 0 Å². The van der Waals surface area contributed by atoms with Gasteiger partial charge in [-0.25, -0.2) is 9.59 Å². The second-order valence-electron chi connectivity index (χ2n) is 7.61. The molecule has 0 aliphatic carbocycles. The number of carbonyl (C=O) groups excluding carboxylic acids is 2. The zero-order chi connectivity index (χ0) is 22.0. The van der Waals surface area contributed by atoms with E-state index < -0.39 is 11.6 Å². The van der Waals surface area contributed by atoms with Gasteiger partial charge in [0.15, 0.2) is 0 Å². The molecule has 0 saturated carbocycles. The Bertz CT molecular complexity index is 1200. The molecule has 3 aromatic rings. The largest absolute Gasteiger partial charge is 0.508 e. The summed E-state index contributed by atoms with van der Waals surface area (Å²) in [6.07, 6.45) is 2.08. The monoisotopic (exact) mass is 421 g/mol. The highest BCUT2D eigenvalue weighted by Crippen LogP contribution is 2.27. The Morgan fingerprint density at radius 2 is 1.90 bits per heavy atom. The molecule has 0 spiro atoms. The molecule has 0 atom stereocenters. The number of ether oxygens (including phenoxy) is 1. The molecule has 4 rings (SSSR count). The summed E-state index contributed by atoms with van der Waals surface area (Å²) in [5.41, 5.74) is 2.22. The third-order valence-electron chi connectivity index (χ3n) is 5.50. The second kappa shape index (κ2) is 8.63. The van der Waals surface area contributed by atoms with E-state index in [1.807, 2.05) is 24.0 Å². The number of benzene rings is 2. The van der Waals surface area contributed by atoms with Gasteiger partial charge in [0.05, 0.1) is 5.56 Å². The van der Waals surface area contributed by atoms with Gasteiger partial charge in [0, 0.05) is 42.6 Å². The summed E-state index contributed by atoms with van der Waals surface area (Å²) in [6, 6.07) is 11.4. The first-order valence-electron chi connectivity index (χ1n) is 10.3. The van der Waals surface area contributed by atoms with Crippen LogP contribution < -0.4 is 5.63 Å². The Labute approximate surface area is 178 Å². The number of phenolic OH excluding ortho intramolecular Hbond substituents is 1. The molecular weight excluding hydrogens is 398 g/mol. The molecule has 1 aliphatic rings. The van der Waals surface area contributed by atoms with Gasteiger partial charge < -0.3 is 19.2 Å². The van der Waals surface area contributed by atoms with Gasteiger partial charge >= 0.3 is 11.6 Å². The Balaban J connectivity index is 1.47. The predicted octanol–water partition coefficient (Wildman–Crippen LogP) is 3.54. The van der Waals surface area contributed by atoms with Crippen LogP contribution in [0.1, 0.15) is 46.8 Å². The van der Waals surface area contributed by atoms with Crippen LogP contribution in [0.3, 0.4) is 0 Å². The van der Waals surface area contributed by atoms with Crippen molar-refractivity contribution in [1.82, 2.24) is 4.90 Å². The first-order valence-corrected chi connectivity index (χ1v) is 10.3. The summed E-state index contributed by atoms with van der Waals surface area (Å²) in [6.45, 7) is 3.10. The maximum absolute atomic E-state index is 12.5. The minimum atomic E-state index is -0.581. The summed E-state index contributed by atoms with van der Waals surface area (Å²) >= 11 is 0. The SMILES string of the molecule is CCc1cc2c(COC(=O)c3ccc(CN4CCCC4=O)cc3)cc(=O)oc2cc1O. The van der Waals surface area contributed by atoms with Crippen molar-refractivity contribution in [2.75, 3.05) is 6.54 Å². The van der Waals surface area contributed by atoms with Crippen LogP contribution in [0.15, 0.2) is 51.7 Å². The van der Waals surface area contributed by atoms with Crippen LogP contribution in [0.5, 0.6) is 5.75 Å². The number of likely N-dealkylation sites (tertiary alicyclic amines) is 1. The number of phenols is 1. The molecule has 1 amide bonds. The molecule has 2 heterocycles. The number of hydrogen-bond acceptors (Lipinski definition) is 6. The molecule has 0 bridgehead atoms. The van der Waals surface area contributed by atoms with Gasteiger partial charge in [0.2, 0.25) is 5.91 Å². The zero-order valence-electron chi connectivity index (χ0n) is 17.2. The molecule has 1 N–H and O–H groups in total. The maximum atomic E-state index is 12.5. The summed E-state index contributed by atoms with van der Waals surface area (Å²) in [5.74, 6) is -0.301. The van der Waals surface area contributed by atoms with Gasteiger partial charge in [-0.1, -0.05) is 19.1 Å². The highest BCUT2D eigenvalue weighted by Gasteiger charge is 2.20. The molecule has 1 aliphatic heterocycles. The van der Waals surface area contributed by atoms with Crippen molar-refractivity contribution in [3.05, 3.63) is 75.1 Å². The normalized spacial score (nSPS) is 13.7. The molecule has 1 fully saturated rings. The average Bonchev–Trinajstić information content (AvgIpc) is 3.16. The van der Waals surface area contributed by atoms with E-state index in [1.165, 1.54) is 12.1 Å². The van der Waals surface area contributed by atoms with Crippen molar-refractivity contribution >= 4 is 22.8 Å². The highest BCUT2D eigenvalue weighted by atomic mass is 16.5. The van der Waals surface area contributed by atoms with Crippen LogP contribution in [0.2, 0.25) is 0 Å². The lowest BCUT2D eigenvalue weighted by molar-refractivity contribution is -0.128. The fraction of sp³-hybridized carbons (Fsp3) is 0.292. The van der Waals surface area contributed by atoms with E-state index in [1.54, 1.807) is 18.2 Å². The van der Waals surface area contributed by atoms with Crippen molar-refractivity contribution in [3.63, 3.8) is 0 Å². The molecule has 1 saturated heterocycles. The van der Waals surface area contributed by atoms with Crippen LogP contribution in [0.25, 0.3) is 11.0 Å². The molecular formula is C24H23NO6. The topological polar surface area (TPSA) is 97.0 Å². The number of esters is 1. The first kappa shape index (κ1) is 20.7. The molecule has 7 nitrogen and oxygen atoms in total. The molecule has 2 aromatic carbocycles. The summed E-state index contributed by atoms with van der Waals surface area (Å²) in [4.78, 5) is 37.9. The van der Waals surface area contributed by atoms with Crippen molar-refractivity contribution in [2.24, 2.45) is 0 Å². The van der Waals surface area contributed by atoms with E-state index in [2.05, 4.69) is 0 Å². The standard InChI is InChI=1S/C24H23NO6/c1-2-16-10-19-18(11-23(28)31-21(19)12-20(16)26)14-30-24(29)17-7-5-15(6-8-17)13-25-9-3-4-22(25)27/h5-8,10-12,26H,2-4,9,13-14H2,1H3. The summed E-state index contributed by atoms with van der Waals surface area (Å²) in [7, 11) is 0. The number of hydrogen-bond donors (Lipinski definition) is 1. The first-order chi connectivity index (χ1) is 14.9. The van der Waals surface area contributed by atoms with Gasteiger partial charge in [-0.2, -0.15) is 0 Å². The maximum Gasteiger partial charge on any atom is 0.338 e. The van der Waals surface area contributed by atoms with Gasteiger partial charge in [0.1, 0.15) is 17.9 Å². The van der Waals surface area contributed by atoms with Gasteiger partial charge in [-0.3, -0.25) is 4.79 Å². The third kappa shape index (κ3) is 4.45. The van der Waals surface area contributed by atoms with Crippen molar-refractivity contribution in [1.29, 1.82) is 0 Å². The summed E-state index contributed by atoms with van der Waals surface area (Å²) < 4.78 is 10.6. The van der Waals surface area contributed by atoms with Crippen LogP contribution in [0, 0.1) is 0 Å². The van der Waals surface area contributed by atoms with Crippen molar-refractivity contribution in [2.45, 2.75) is 39.3 Å². The fourth-order valence-electron chi connectivity index (χ4n) is 3.77. The number of carbonyl (C=O) groups is 2. The Kier molecular flexibility index (Phi) is 5.75. The lowest BCUT2D eigenvalue weighted by Crippen LogP contribution is -2.23. The van der Waals surface area contributed by atoms with Crippen LogP contribution in [-0.4, -0.2) is 28.4 Å². The zero-order valence-corrected chi connectivity index (χ0v) is 17.2. The Morgan fingerprint density at radius 3 is 2.58 bits per heavy atom. The Hall–Kier alpha value is -3.61. The Morgan fingerprint density at radius 1 is 1.13 bits per heavy atom. The number of rotatable bonds is 6. The van der Waals surface area contributed by atoms with E-state index in [0.717, 1.165) is 18.5 Å². The highest BCUT2D eigenvalue weighted by molar-refractivity contribution is 5.90. The fourth-order valence-corrected chi connectivity index (χ4v) is 3.77. The minimum absolute atomic E-state index is 0.0583.